The van der Waals surface area contributed by atoms with Crippen LogP contribution in [0.15, 0.2) is 76.8 Å². The minimum absolute atomic E-state index is 0.378. The standard InChI is InChI=1S/C19H14ClN3OS/c20-13-1-3-14(4-2-13)24-12-19-22-17-6-5-16(11-18(17)23-19)25-15-7-9-21-10-8-15/h1-11H,12H2,(H,22,23). The minimum Gasteiger partial charge on any atom is -0.486 e. The molecule has 2 heterocycles. The summed E-state index contributed by atoms with van der Waals surface area (Å²) in [4.78, 5) is 14.2. The van der Waals surface area contributed by atoms with Gasteiger partial charge >= 0.3 is 0 Å². The summed E-state index contributed by atoms with van der Waals surface area (Å²) in [5.41, 5.74) is 1.92. The van der Waals surface area contributed by atoms with Crippen LogP contribution in [0.1, 0.15) is 5.82 Å². The molecule has 4 aromatic rings. The van der Waals surface area contributed by atoms with Crippen LogP contribution in [0.5, 0.6) is 5.75 Å². The van der Waals surface area contributed by atoms with Crippen LogP contribution in [0.25, 0.3) is 11.0 Å². The van der Waals surface area contributed by atoms with Crippen molar-refractivity contribution < 1.29 is 4.74 Å². The van der Waals surface area contributed by atoms with Crippen molar-refractivity contribution in [3.05, 3.63) is 77.8 Å². The van der Waals surface area contributed by atoms with Gasteiger partial charge in [-0.3, -0.25) is 4.98 Å². The molecule has 2 aromatic heterocycles. The third kappa shape index (κ3) is 3.95. The second-order valence-corrected chi connectivity index (χ2v) is 6.97. The molecular weight excluding hydrogens is 354 g/mol. The van der Waals surface area contributed by atoms with Gasteiger partial charge < -0.3 is 9.72 Å². The molecule has 0 saturated carbocycles. The normalized spacial score (nSPS) is 10.9. The van der Waals surface area contributed by atoms with E-state index in [1.807, 2.05) is 30.3 Å². The molecule has 0 radical (unpaired) electrons. The number of nitrogens with one attached hydrogen (secondary N) is 1. The van der Waals surface area contributed by atoms with Gasteiger partial charge in [-0.2, -0.15) is 0 Å². The van der Waals surface area contributed by atoms with E-state index in [9.17, 15) is 0 Å². The monoisotopic (exact) mass is 367 g/mol. The molecule has 0 aliphatic rings. The number of nitrogens with zero attached hydrogens (tertiary/aromatic N) is 2. The number of imidazole rings is 1. The summed E-state index contributed by atoms with van der Waals surface area (Å²) in [6.07, 6.45) is 3.59. The lowest BCUT2D eigenvalue weighted by Gasteiger charge is -2.03. The lowest BCUT2D eigenvalue weighted by atomic mass is 10.3. The highest BCUT2D eigenvalue weighted by atomic mass is 35.5. The topological polar surface area (TPSA) is 50.8 Å². The highest BCUT2D eigenvalue weighted by Gasteiger charge is 2.06. The SMILES string of the molecule is Clc1ccc(OCc2nc3cc(Sc4ccncc4)ccc3[nH]2)cc1. The van der Waals surface area contributed by atoms with Crippen LogP contribution in [-0.4, -0.2) is 15.0 Å². The molecule has 6 heteroatoms. The van der Waals surface area contributed by atoms with E-state index in [0.29, 0.717) is 11.6 Å². The summed E-state index contributed by atoms with van der Waals surface area (Å²) < 4.78 is 5.74. The first-order chi connectivity index (χ1) is 12.3. The molecule has 4 nitrogen and oxygen atoms in total. The van der Waals surface area contributed by atoms with Gasteiger partial charge in [-0.25, -0.2) is 4.98 Å². The number of fused-ring (bicyclic) bond motifs is 1. The van der Waals surface area contributed by atoms with Gasteiger partial charge in [0.25, 0.3) is 0 Å². The Balaban J connectivity index is 1.49. The predicted molar refractivity (Wildman–Crippen MR) is 100 cm³/mol. The Morgan fingerprint density at radius 3 is 2.56 bits per heavy atom. The van der Waals surface area contributed by atoms with Crippen molar-refractivity contribution in [2.45, 2.75) is 16.4 Å². The van der Waals surface area contributed by atoms with Gasteiger partial charge in [-0.05, 0) is 54.6 Å². The summed E-state index contributed by atoms with van der Waals surface area (Å²) in [5, 5.41) is 0.690. The first kappa shape index (κ1) is 16.0. The first-order valence-corrected chi connectivity index (χ1v) is 8.91. The molecule has 1 N–H and O–H groups in total. The molecule has 0 unspecified atom stereocenters. The fraction of sp³-hybridized carbons (Fsp3) is 0.0526. The van der Waals surface area contributed by atoms with Crippen LogP contribution in [0.3, 0.4) is 0 Å². The number of halogens is 1. The van der Waals surface area contributed by atoms with Gasteiger partial charge in [0.2, 0.25) is 0 Å². The number of pyridine rings is 1. The fourth-order valence-corrected chi connectivity index (χ4v) is 3.36. The third-order valence-electron chi connectivity index (χ3n) is 3.58. The van der Waals surface area contributed by atoms with Gasteiger partial charge in [0, 0.05) is 27.2 Å². The largest absolute Gasteiger partial charge is 0.486 e. The van der Waals surface area contributed by atoms with Crippen molar-refractivity contribution in [1.82, 2.24) is 15.0 Å². The molecule has 0 fully saturated rings. The lowest BCUT2D eigenvalue weighted by Crippen LogP contribution is -1.97. The van der Waals surface area contributed by atoms with E-state index in [2.05, 4.69) is 27.1 Å². The van der Waals surface area contributed by atoms with Gasteiger partial charge in [0.15, 0.2) is 0 Å². The summed E-state index contributed by atoms with van der Waals surface area (Å²) in [5.74, 6) is 1.55. The zero-order chi connectivity index (χ0) is 17.1. The van der Waals surface area contributed by atoms with Crippen molar-refractivity contribution in [2.75, 3.05) is 0 Å². The number of aromatic amines is 1. The van der Waals surface area contributed by atoms with E-state index in [1.165, 1.54) is 0 Å². The summed E-state index contributed by atoms with van der Waals surface area (Å²) in [6.45, 7) is 0.378. The summed E-state index contributed by atoms with van der Waals surface area (Å²) in [7, 11) is 0. The van der Waals surface area contributed by atoms with Gasteiger partial charge in [0.1, 0.15) is 18.2 Å². The van der Waals surface area contributed by atoms with Crippen LogP contribution < -0.4 is 4.74 Å². The molecule has 0 spiro atoms. The van der Waals surface area contributed by atoms with Gasteiger partial charge in [-0.1, -0.05) is 23.4 Å². The van der Waals surface area contributed by atoms with Crippen molar-refractivity contribution in [2.24, 2.45) is 0 Å². The molecule has 0 aliphatic carbocycles. The molecule has 0 aliphatic heterocycles. The van der Waals surface area contributed by atoms with E-state index in [-0.39, 0.29) is 0 Å². The Kier molecular flexibility index (Phi) is 4.59. The number of benzene rings is 2. The number of aromatic nitrogens is 3. The highest BCUT2D eigenvalue weighted by Crippen LogP contribution is 2.29. The molecule has 0 amide bonds. The zero-order valence-corrected chi connectivity index (χ0v) is 14.7. The van der Waals surface area contributed by atoms with E-state index < -0.39 is 0 Å². The predicted octanol–water partition coefficient (Wildman–Crippen LogP) is 5.34. The molecular formula is C19H14ClN3OS. The highest BCUT2D eigenvalue weighted by molar-refractivity contribution is 7.99. The third-order valence-corrected chi connectivity index (χ3v) is 4.83. The van der Waals surface area contributed by atoms with Gasteiger partial charge in [0.05, 0.1) is 11.0 Å². The maximum Gasteiger partial charge on any atom is 0.146 e. The molecule has 0 saturated heterocycles. The molecule has 25 heavy (non-hydrogen) atoms. The number of hydrogen-bond acceptors (Lipinski definition) is 4. The van der Waals surface area contributed by atoms with Crippen LogP contribution in [0.4, 0.5) is 0 Å². The van der Waals surface area contributed by atoms with E-state index in [4.69, 9.17) is 16.3 Å². The maximum absolute atomic E-state index is 5.88. The van der Waals surface area contributed by atoms with Crippen molar-refractivity contribution in [1.29, 1.82) is 0 Å². The Hall–Kier alpha value is -2.50. The average Bonchev–Trinajstić information content (AvgIpc) is 3.04. The molecule has 124 valence electrons. The second-order valence-electron chi connectivity index (χ2n) is 5.39. The van der Waals surface area contributed by atoms with Crippen molar-refractivity contribution in [3.63, 3.8) is 0 Å². The Labute approximate surface area is 154 Å². The smallest absolute Gasteiger partial charge is 0.146 e. The summed E-state index contributed by atoms with van der Waals surface area (Å²) >= 11 is 7.56. The Bertz CT molecular complexity index is 987. The fourth-order valence-electron chi connectivity index (χ4n) is 2.40. The quantitative estimate of drug-likeness (QED) is 0.517. The number of hydrogen-bond donors (Lipinski definition) is 1. The minimum atomic E-state index is 0.378. The molecule has 4 rings (SSSR count). The molecule has 2 aromatic carbocycles. The zero-order valence-electron chi connectivity index (χ0n) is 13.1. The van der Waals surface area contributed by atoms with Crippen LogP contribution in [0.2, 0.25) is 5.02 Å². The number of H-pyrrole nitrogens is 1. The summed E-state index contributed by atoms with van der Waals surface area (Å²) in [6, 6.07) is 17.5. The average molecular weight is 368 g/mol. The van der Waals surface area contributed by atoms with Crippen molar-refractivity contribution >= 4 is 34.4 Å². The maximum atomic E-state index is 5.88. The Morgan fingerprint density at radius 2 is 1.76 bits per heavy atom. The molecule has 0 atom stereocenters. The van der Waals surface area contributed by atoms with E-state index in [0.717, 1.165) is 32.4 Å². The van der Waals surface area contributed by atoms with E-state index >= 15 is 0 Å². The Morgan fingerprint density at radius 1 is 0.960 bits per heavy atom. The van der Waals surface area contributed by atoms with Crippen molar-refractivity contribution in [3.8, 4) is 5.75 Å². The van der Waals surface area contributed by atoms with Gasteiger partial charge in [-0.15, -0.1) is 0 Å². The first-order valence-electron chi connectivity index (χ1n) is 7.71. The lowest BCUT2D eigenvalue weighted by molar-refractivity contribution is 0.297. The number of ether oxygens (including phenoxy) is 1. The number of rotatable bonds is 5. The second kappa shape index (κ2) is 7.17. The molecule has 0 bridgehead atoms. The van der Waals surface area contributed by atoms with Crippen LogP contribution in [-0.2, 0) is 6.61 Å². The van der Waals surface area contributed by atoms with E-state index in [1.54, 1.807) is 36.3 Å². The van der Waals surface area contributed by atoms with Crippen LogP contribution >= 0.6 is 23.4 Å². The van der Waals surface area contributed by atoms with Crippen LogP contribution in [0, 0.1) is 0 Å².